The molecule has 0 bridgehead atoms. The summed E-state index contributed by atoms with van der Waals surface area (Å²) in [7, 11) is -3.80. The lowest BCUT2D eigenvalue weighted by Crippen LogP contribution is -2.13. The molecule has 0 aliphatic heterocycles. The van der Waals surface area contributed by atoms with Crippen LogP contribution < -0.4 is 10.0 Å². The smallest absolute Gasteiger partial charge is 0.262 e. The fourth-order valence-corrected chi connectivity index (χ4v) is 4.25. The Morgan fingerprint density at radius 2 is 1.83 bits per heavy atom. The van der Waals surface area contributed by atoms with Crippen LogP contribution in [0.4, 0.5) is 10.7 Å². The molecule has 1 heterocycles. The first-order valence-electron chi connectivity index (χ1n) is 6.65. The summed E-state index contributed by atoms with van der Waals surface area (Å²) in [6, 6.07) is 7.83. The Kier molecular flexibility index (Phi) is 4.73. The number of nitriles is 1. The third-order valence-electron chi connectivity index (χ3n) is 3.21. The topological polar surface area (TPSA) is 99.1 Å². The van der Waals surface area contributed by atoms with Crippen LogP contribution in [-0.2, 0) is 14.8 Å². The number of nitrogens with zero attached hydrogens (tertiary/aromatic N) is 1. The number of nitrogens with one attached hydrogen (secondary N) is 2. The summed E-state index contributed by atoms with van der Waals surface area (Å²) in [6.07, 6.45) is 0. The molecule has 0 unspecified atom stereocenters. The van der Waals surface area contributed by atoms with Crippen LogP contribution >= 0.6 is 11.3 Å². The van der Waals surface area contributed by atoms with E-state index in [0.29, 0.717) is 16.3 Å². The third-order valence-corrected chi connectivity index (χ3v) is 5.83. The highest BCUT2D eigenvalue weighted by Crippen LogP contribution is 2.33. The Bertz CT molecular complexity index is 891. The number of carbonyl (C=O) groups is 1. The van der Waals surface area contributed by atoms with Crippen LogP contribution in [0.2, 0.25) is 0 Å². The number of thiophene rings is 1. The van der Waals surface area contributed by atoms with Crippen molar-refractivity contribution in [2.45, 2.75) is 25.7 Å². The quantitative estimate of drug-likeness (QED) is 0.886. The van der Waals surface area contributed by atoms with Gasteiger partial charge in [-0.25, -0.2) is 8.42 Å². The minimum atomic E-state index is -3.80. The van der Waals surface area contributed by atoms with Gasteiger partial charge in [0.2, 0.25) is 5.91 Å². The maximum absolute atomic E-state index is 12.4. The van der Waals surface area contributed by atoms with Crippen LogP contribution in [0.1, 0.15) is 22.9 Å². The van der Waals surface area contributed by atoms with Crippen molar-refractivity contribution in [2.75, 3.05) is 10.0 Å². The number of rotatable bonds is 4. The summed E-state index contributed by atoms with van der Waals surface area (Å²) in [5.41, 5.74) is 1.62. The normalized spacial score (nSPS) is 10.9. The summed E-state index contributed by atoms with van der Waals surface area (Å²) >= 11 is 1.23. The van der Waals surface area contributed by atoms with E-state index in [2.05, 4.69) is 10.0 Å². The molecule has 1 aromatic heterocycles. The third kappa shape index (κ3) is 3.70. The van der Waals surface area contributed by atoms with E-state index < -0.39 is 10.0 Å². The van der Waals surface area contributed by atoms with Crippen LogP contribution in [0.3, 0.4) is 0 Å². The van der Waals surface area contributed by atoms with Crippen LogP contribution in [0, 0.1) is 25.2 Å². The highest BCUT2D eigenvalue weighted by molar-refractivity contribution is 7.93. The monoisotopic (exact) mass is 349 g/mol. The van der Waals surface area contributed by atoms with Crippen LogP contribution in [0.5, 0.6) is 0 Å². The van der Waals surface area contributed by atoms with E-state index in [0.717, 1.165) is 10.4 Å². The molecule has 6 nitrogen and oxygen atoms in total. The van der Waals surface area contributed by atoms with E-state index in [1.165, 1.54) is 42.5 Å². The number of hydrogen-bond donors (Lipinski definition) is 2. The molecule has 1 aromatic carbocycles. The van der Waals surface area contributed by atoms with Crippen molar-refractivity contribution < 1.29 is 13.2 Å². The first-order valence-corrected chi connectivity index (χ1v) is 8.95. The van der Waals surface area contributed by atoms with Gasteiger partial charge in [-0.2, -0.15) is 5.26 Å². The zero-order valence-corrected chi connectivity index (χ0v) is 14.4. The average Bonchev–Trinajstić information content (AvgIpc) is 2.72. The van der Waals surface area contributed by atoms with Gasteiger partial charge in [-0.15, -0.1) is 11.3 Å². The molecule has 0 saturated heterocycles. The molecule has 0 aliphatic rings. The van der Waals surface area contributed by atoms with E-state index in [1.54, 1.807) is 6.92 Å². The number of carbonyl (C=O) groups excluding carboxylic acids is 1. The van der Waals surface area contributed by atoms with Crippen LogP contribution in [-0.4, -0.2) is 14.3 Å². The highest BCUT2D eigenvalue weighted by atomic mass is 32.2. The lowest BCUT2D eigenvalue weighted by molar-refractivity contribution is -0.114. The Hall–Kier alpha value is -2.37. The largest absolute Gasteiger partial charge is 0.326 e. The van der Waals surface area contributed by atoms with Gasteiger partial charge in [0.25, 0.3) is 10.0 Å². The SMILES string of the molecule is CC(=O)Nc1ccc(S(=O)(=O)Nc2sc(C)c(C)c2C#N)cc1. The van der Waals surface area contributed by atoms with Crippen molar-refractivity contribution >= 4 is 38.0 Å². The van der Waals surface area contributed by atoms with Crippen molar-refractivity contribution in [2.24, 2.45) is 0 Å². The molecule has 0 atom stereocenters. The number of hydrogen-bond acceptors (Lipinski definition) is 5. The Morgan fingerprint density at radius 1 is 1.22 bits per heavy atom. The number of sulfonamides is 1. The molecule has 2 N–H and O–H groups in total. The predicted molar refractivity (Wildman–Crippen MR) is 90.1 cm³/mol. The fraction of sp³-hybridized carbons (Fsp3) is 0.200. The molecule has 2 rings (SSSR count). The minimum Gasteiger partial charge on any atom is -0.326 e. The van der Waals surface area contributed by atoms with E-state index >= 15 is 0 Å². The second-order valence-corrected chi connectivity index (χ2v) is 7.82. The van der Waals surface area contributed by atoms with Gasteiger partial charge in [-0.05, 0) is 43.7 Å². The van der Waals surface area contributed by atoms with E-state index in [4.69, 9.17) is 0 Å². The predicted octanol–water partition coefficient (Wildman–Crippen LogP) is 3.00. The number of anilines is 2. The molecular weight excluding hydrogens is 334 g/mol. The molecule has 120 valence electrons. The van der Waals surface area contributed by atoms with E-state index in [9.17, 15) is 18.5 Å². The second-order valence-electron chi connectivity index (χ2n) is 4.91. The maximum Gasteiger partial charge on any atom is 0.262 e. The molecule has 0 fully saturated rings. The lowest BCUT2D eigenvalue weighted by atomic mass is 10.2. The van der Waals surface area contributed by atoms with Gasteiger partial charge in [0.15, 0.2) is 0 Å². The first kappa shape index (κ1) is 17.0. The van der Waals surface area contributed by atoms with Crippen molar-refractivity contribution in [1.82, 2.24) is 0 Å². The summed E-state index contributed by atoms with van der Waals surface area (Å²) in [5, 5.41) is 12.1. The number of benzene rings is 1. The summed E-state index contributed by atoms with van der Waals surface area (Å²) in [4.78, 5) is 11.9. The number of amides is 1. The fourth-order valence-electron chi connectivity index (χ4n) is 1.94. The highest BCUT2D eigenvalue weighted by Gasteiger charge is 2.20. The molecule has 0 spiro atoms. The standard InChI is InChI=1S/C15H15N3O3S2/c1-9-10(2)22-15(14(9)8-16)18-23(20,21)13-6-4-12(5-7-13)17-11(3)19/h4-7,18H,1-3H3,(H,17,19). The van der Waals surface area contributed by atoms with Crippen molar-refractivity contribution in [3.8, 4) is 6.07 Å². The zero-order valence-electron chi connectivity index (χ0n) is 12.8. The van der Waals surface area contributed by atoms with E-state index in [-0.39, 0.29) is 10.8 Å². The van der Waals surface area contributed by atoms with Gasteiger partial charge >= 0.3 is 0 Å². The van der Waals surface area contributed by atoms with Crippen LogP contribution in [0.25, 0.3) is 0 Å². The molecule has 8 heteroatoms. The summed E-state index contributed by atoms with van der Waals surface area (Å²) in [5.74, 6) is -0.234. The zero-order chi connectivity index (χ0) is 17.2. The van der Waals surface area contributed by atoms with Gasteiger partial charge in [-0.3, -0.25) is 9.52 Å². The molecule has 1 amide bonds. The van der Waals surface area contributed by atoms with Gasteiger partial charge in [-0.1, -0.05) is 0 Å². The summed E-state index contributed by atoms with van der Waals surface area (Å²) < 4.78 is 27.3. The van der Waals surface area contributed by atoms with Crippen LogP contribution in [0.15, 0.2) is 29.2 Å². The van der Waals surface area contributed by atoms with Crippen molar-refractivity contribution in [3.05, 3.63) is 40.3 Å². The minimum absolute atomic E-state index is 0.0548. The average molecular weight is 349 g/mol. The maximum atomic E-state index is 12.4. The van der Waals surface area contributed by atoms with Gasteiger partial charge in [0.05, 0.1) is 10.5 Å². The molecule has 0 radical (unpaired) electrons. The second kappa shape index (κ2) is 6.40. The number of aryl methyl sites for hydroxylation is 1. The molecule has 0 saturated carbocycles. The van der Waals surface area contributed by atoms with Gasteiger partial charge < -0.3 is 5.32 Å². The molecule has 0 aliphatic carbocycles. The molecule has 2 aromatic rings. The Balaban J connectivity index is 2.31. The summed E-state index contributed by atoms with van der Waals surface area (Å²) in [6.45, 7) is 4.99. The molecular formula is C15H15N3O3S2. The molecule has 23 heavy (non-hydrogen) atoms. The van der Waals surface area contributed by atoms with Gasteiger partial charge in [0, 0.05) is 17.5 Å². The Morgan fingerprint density at radius 3 is 2.35 bits per heavy atom. The first-order chi connectivity index (χ1) is 10.7. The van der Waals surface area contributed by atoms with Crippen molar-refractivity contribution in [3.63, 3.8) is 0 Å². The lowest BCUT2D eigenvalue weighted by Gasteiger charge is -2.08. The Labute approximate surface area is 138 Å². The van der Waals surface area contributed by atoms with Crippen molar-refractivity contribution in [1.29, 1.82) is 5.26 Å². The van der Waals surface area contributed by atoms with Gasteiger partial charge in [0.1, 0.15) is 11.1 Å². The van der Waals surface area contributed by atoms with E-state index in [1.807, 2.05) is 13.0 Å².